The second-order valence-electron chi connectivity index (χ2n) is 6.98. The molecule has 0 atom stereocenters. The van der Waals surface area contributed by atoms with E-state index in [1.54, 1.807) is 0 Å². The third-order valence-electron chi connectivity index (χ3n) is 5.06. The van der Waals surface area contributed by atoms with Crippen molar-refractivity contribution < 1.29 is 0 Å². The van der Waals surface area contributed by atoms with Crippen LogP contribution in [0.3, 0.4) is 0 Å². The van der Waals surface area contributed by atoms with E-state index < -0.39 is 0 Å². The van der Waals surface area contributed by atoms with Crippen molar-refractivity contribution in [1.82, 2.24) is 10.2 Å². The summed E-state index contributed by atoms with van der Waals surface area (Å²) in [6.45, 7) is 8.65. The predicted octanol–water partition coefficient (Wildman–Crippen LogP) is 2.39. The van der Waals surface area contributed by atoms with Crippen LogP contribution in [0, 0.1) is 5.41 Å². The summed E-state index contributed by atoms with van der Waals surface area (Å²) in [5, 5.41) is 3.70. The summed E-state index contributed by atoms with van der Waals surface area (Å²) in [4.78, 5) is 2.85. The Balaban J connectivity index is 1.79. The molecule has 1 N–H and O–H groups in total. The molecule has 2 nitrogen and oxygen atoms in total. The molecule has 3 fully saturated rings. The van der Waals surface area contributed by atoms with Crippen LogP contribution < -0.4 is 5.32 Å². The highest BCUT2D eigenvalue weighted by Crippen LogP contribution is 2.48. The van der Waals surface area contributed by atoms with Gasteiger partial charge in [0, 0.05) is 31.2 Å². The number of rotatable bonds is 1. The minimum absolute atomic E-state index is 0.362. The Morgan fingerprint density at radius 2 is 1.75 bits per heavy atom. The van der Waals surface area contributed by atoms with Gasteiger partial charge < -0.3 is 5.32 Å². The average Bonchev–Trinajstić information content (AvgIpc) is 2.82. The average molecular weight is 222 g/mol. The molecule has 1 saturated heterocycles. The Bertz CT molecular complexity index is 262. The van der Waals surface area contributed by atoms with Crippen LogP contribution >= 0.6 is 0 Å². The lowest BCUT2D eigenvalue weighted by atomic mass is 9.97. The van der Waals surface area contributed by atoms with E-state index in [-0.39, 0.29) is 0 Å². The van der Waals surface area contributed by atoms with E-state index in [0.717, 1.165) is 6.04 Å². The van der Waals surface area contributed by atoms with Crippen molar-refractivity contribution in [2.24, 2.45) is 5.41 Å². The zero-order valence-electron chi connectivity index (χ0n) is 10.9. The number of hydrogen-bond acceptors (Lipinski definition) is 2. The second kappa shape index (κ2) is 3.71. The Kier molecular flexibility index (Phi) is 2.56. The van der Waals surface area contributed by atoms with Crippen LogP contribution in [0.2, 0.25) is 0 Å². The summed E-state index contributed by atoms with van der Waals surface area (Å²) < 4.78 is 0. The summed E-state index contributed by atoms with van der Waals surface area (Å²) in [7, 11) is 0. The highest BCUT2D eigenvalue weighted by atomic mass is 15.3. The van der Waals surface area contributed by atoms with Crippen molar-refractivity contribution in [2.45, 2.75) is 64.0 Å². The molecule has 0 amide bonds. The molecule has 2 heteroatoms. The first-order valence-electron chi connectivity index (χ1n) is 7.09. The van der Waals surface area contributed by atoms with Gasteiger partial charge in [0.25, 0.3) is 0 Å². The monoisotopic (exact) mass is 222 g/mol. The van der Waals surface area contributed by atoms with Gasteiger partial charge in [-0.2, -0.15) is 0 Å². The van der Waals surface area contributed by atoms with Crippen molar-refractivity contribution in [3.63, 3.8) is 0 Å². The van der Waals surface area contributed by atoms with Gasteiger partial charge in [0.1, 0.15) is 0 Å². The molecule has 1 heterocycles. The maximum Gasteiger partial charge on any atom is 0.0280 e. The summed E-state index contributed by atoms with van der Waals surface area (Å²) in [6, 6.07) is 0.882. The van der Waals surface area contributed by atoms with E-state index in [4.69, 9.17) is 0 Å². The molecule has 92 valence electrons. The highest BCUT2D eigenvalue weighted by molar-refractivity contribution is 5.04. The third-order valence-corrected chi connectivity index (χ3v) is 5.06. The Hall–Kier alpha value is -0.0800. The largest absolute Gasteiger partial charge is 0.314 e. The molecule has 3 aliphatic rings. The minimum Gasteiger partial charge on any atom is -0.314 e. The highest BCUT2D eigenvalue weighted by Gasteiger charge is 2.49. The summed E-state index contributed by atoms with van der Waals surface area (Å²) in [6.07, 6.45) is 8.72. The molecule has 0 bridgehead atoms. The number of hydrogen-bond donors (Lipinski definition) is 1. The molecular formula is C14H26N2. The van der Waals surface area contributed by atoms with E-state index in [1.807, 2.05) is 0 Å². The number of nitrogens with zero attached hydrogens (tertiary/aromatic N) is 1. The Morgan fingerprint density at radius 1 is 1.06 bits per heavy atom. The zero-order valence-corrected chi connectivity index (χ0v) is 10.9. The first kappa shape index (κ1) is 11.0. The molecule has 0 unspecified atom stereocenters. The molecule has 0 radical (unpaired) electrons. The summed E-state index contributed by atoms with van der Waals surface area (Å²) in [5.41, 5.74) is 1.03. The van der Waals surface area contributed by atoms with Gasteiger partial charge in [0.15, 0.2) is 0 Å². The van der Waals surface area contributed by atoms with E-state index in [0.29, 0.717) is 11.0 Å². The van der Waals surface area contributed by atoms with Crippen molar-refractivity contribution in [3.05, 3.63) is 0 Å². The standard InChI is InChI=1S/C14H26N2/c1-13(2)9-15-10-14(7-8-14)11-16(13)12-5-3-4-6-12/h12,15H,3-11H2,1-2H3. The lowest BCUT2D eigenvalue weighted by Crippen LogP contribution is -2.53. The van der Waals surface area contributed by atoms with Crippen LogP contribution in [-0.4, -0.2) is 36.1 Å². The first-order chi connectivity index (χ1) is 7.61. The van der Waals surface area contributed by atoms with E-state index in [9.17, 15) is 0 Å². The third kappa shape index (κ3) is 1.91. The van der Waals surface area contributed by atoms with E-state index in [1.165, 1.54) is 58.2 Å². The van der Waals surface area contributed by atoms with Crippen LogP contribution in [0.4, 0.5) is 0 Å². The molecular weight excluding hydrogens is 196 g/mol. The molecule has 2 aliphatic carbocycles. The van der Waals surface area contributed by atoms with Gasteiger partial charge in [0.2, 0.25) is 0 Å². The number of nitrogens with one attached hydrogen (secondary N) is 1. The predicted molar refractivity (Wildman–Crippen MR) is 67.6 cm³/mol. The normalized spacial score (nSPS) is 34.1. The summed E-state index contributed by atoms with van der Waals surface area (Å²) >= 11 is 0. The molecule has 0 aromatic carbocycles. The maximum absolute atomic E-state index is 3.70. The van der Waals surface area contributed by atoms with Gasteiger partial charge in [-0.25, -0.2) is 0 Å². The molecule has 3 rings (SSSR count). The van der Waals surface area contributed by atoms with Crippen LogP contribution in [0.15, 0.2) is 0 Å². The van der Waals surface area contributed by atoms with Crippen LogP contribution in [0.1, 0.15) is 52.4 Å². The molecule has 1 aliphatic heterocycles. The zero-order chi connectivity index (χ0) is 11.2. The Labute approximate surface area is 99.8 Å². The topological polar surface area (TPSA) is 15.3 Å². The van der Waals surface area contributed by atoms with Gasteiger partial charge >= 0.3 is 0 Å². The molecule has 1 spiro atoms. The molecule has 16 heavy (non-hydrogen) atoms. The maximum atomic E-state index is 3.70. The summed E-state index contributed by atoms with van der Waals surface area (Å²) in [5.74, 6) is 0. The quantitative estimate of drug-likeness (QED) is 0.733. The van der Waals surface area contributed by atoms with Crippen molar-refractivity contribution >= 4 is 0 Å². The van der Waals surface area contributed by atoms with Crippen LogP contribution in [-0.2, 0) is 0 Å². The van der Waals surface area contributed by atoms with Gasteiger partial charge in [-0.1, -0.05) is 12.8 Å². The van der Waals surface area contributed by atoms with Crippen LogP contribution in [0.25, 0.3) is 0 Å². The fraction of sp³-hybridized carbons (Fsp3) is 1.00. The smallest absolute Gasteiger partial charge is 0.0280 e. The van der Waals surface area contributed by atoms with Crippen LogP contribution in [0.5, 0.6) is 0 Å². The van der Waals surface area contributed by atoms with Gasteiger partial charge in [-0.15, -0.1) is 0 Å². The second-order valence-corrected chi connectivity index (χ2v) is 6.98. The fourth-order valence-corrected chi connectivity index (χ4v) is 3.72. The fourth-order valence-electron chi connectivity index (χ4n) is 3.72. The van der Waals surface area contributed by atoms with Crippen molar-refractivity contribution in [3.8, 4) is 0 Å². The first-order valence-corrected chi connectivity index (χ1v) is 7.09. The van der Waals surface area contributed by atoms with Gasteiger partial charge in [-0.3, -0.25) is 4.90 Å². The van der Waals surface area contributed by atoms with E-state index in [2.05, 4.69) is 24.1 Å². The molecule has 0 aromatic heterocycles. The lowest BCUT2D eigenvalue weighted by Gasteiger charge is -2.42. The minimum atomic E-state index is 0.362. The SMILES string of the molecule is CC1(C)CNCC2(CC2)CN1C1CCCC1. The van der Waals surface area contributed by atoms with Crippen molar-refractivity contribution in [2.75, 3.05) is 19.6 Å². The molecule has 2 saturated carbocycles. The van der Waals surface area contributed by atoms with Crippen molar-refractivity contribution in [1.29, 1.82) is 0 Å². The van der Waals surface area contributed by atoms with Gasteiger partial charge in [-0.05, 0) is 44.9 Å². The molecule has 0 aromatic rings. The Morgan fingerprint density at radius 3 is 2.38 bits per heavy atom. The van der Waals surface area contributed by atoms with E-state index >= 15 is 0 Å². The van der Waals surface area contributed by atoms with Gasteiger partial charge in [0.05, 0.1) is 0 Å². The lowest BCUT2D eigenvalue weighted by molar-refractivity contribution is 0.0669.